The van der Waals surface area contributed by atoms with Crippen molar-refractivity contribution in [1.29, 1.82) is 0 Å². The van der Waals surface area contributed by atoms with Gasteiger partial charge in [-0.25, -0.2) is 0 Å². The van der Waals surface area contributed by atoms with Crippen molar-refractivity contribution in [1.82, 2.24) is 9.78 Å². The SMILES string of the molecule is Cc1nn(C)c(C)c1NCC(C)c1ccccc1. The van der Waals surface area contributed by atoms with Crippen molar-refractivity contribution < 1.29 is 0 Å². The molecule has 0 spiro atoms. The number of anilines is 1. The van der Waals surface area contributed by atoms with E-state index in [9.17, 15) is 0 Å². The Bertz CT molecular complexity index is 514. The van der Waals surface area contributed by atoms with Gasteiger partial charge in [-0.05, 0) is 25.3 Å². The van der Waals surface area contributed by atoms with Crippen LogP contribution < -0.4 is 5.32 Å². The number of nitrogens with zero attached hydrogens (tertiary/aromatic N) is 2. The molecular weight excluding hydrogens is 222 g/mol. The minimum absolute atomic E-state index is 0.491. The predicted octanol–water partition coefficient (Wildman–Crippen LogP) is 3.25. The maximum Gasteiger partial charge on any atom is 0.0827 e. The van der Waals surface area contributed by atoms with Crippen LogP contribution in [0.4, 0.5) is 5.69 Å². The van der Waals surface area contributed by atoms with Crippen LogP contribution in [-0.2, 0) is 7.05 Å². The molecule has 1 aromatic carbocycles. The molecule has 2 rings (SSSR count). The first-order valence-corrected chi connectivity index (χ1v) is 6.38. The molecule has 0 aliphatic rings. The molecular formula is C15H21N3. The van der Waals surface area contributed by atoms with E-state index < -0.39 is 0 Å². The zero-order valence-corrected chi connectivity index (χ0v) is 11.6. The summed E-state index contributed by atoms with van der Waals surface area (Å²) in [5, 5.41) is 7.93. The summed E-state index contributed by atoms with van der Waals surface area (Å²) in [4.78, 5) is 0. The molecule has 0 bridgehead atoms. The number of aryl methyl sites for hydroxylation is 2. The van der Waals surface area contributed by atoms with Crippen molar-refractivity contribution in [3.8, 4) is 0 Å². The number of nitrogens with one attached hydrogen (secondary N) is 1. The van der Waals surface area contributed by atoms with Gasteiger partial charge < -0.3 is 5.32 Å². The summed E-state index contributed by atoms with van der Waals surface area (Å²) in [7, 11) is 1.98. The van der Waals surface area contributed by atoms with E-state index in [2.05, 4.69) is 54.6 Å². The normalized spacial score (nSPS) is 12.4. The van der Waals surface area contributed by atoms with E-state index in [4.69, 9.17) is 0 Å². The van der Waals surface area contributed by atoms with Gasteiger partial charge in [-0.3, -0.25) is 4.68 Å². The summed E-state index contributed by atoms with van der Waals surface area (Å²) < 4.78 is 1.92. The second-order valence-electron chi connectivity index (χ2n) is 4.86. The largest absolute Gasteiger partial charge is 0.381 e. The first-order valence-electron chi connectivity index (χ1n) is 6.38. The van der Waals surface area contributed by atoms with Crippen molar-refractivity contribution in [2.45, 2.75) is 26.7 Å². The Hall–Kier alpha value is -1.77. The fourth-order valence-electron chi connectivity index (χ4n) is 2.18. The van der Waals surface area contributed by atoms with Gasteiger partial charge in [0.25, 0.3) is 0 Å². The zero-order chi connectivity index (χ0) is 13.1. The topological polar surface area (TPSA) is 29.9 Å². The molecule has 0 radical (unpaired) electrons. The molecule has 0 saturated heterocycles. The molecule has 3 heteroatoms. The van der Waals surface area contributed by atoms with E-state index in [0.717, 1.165) is 12.2 Å². The molecule has 0 aliphatic carbocycles. The third-order valence-corrected chi connectivity index (χ3v) is 3.46. The monoisotopic (exact) mass is 243 g/mol. The van der Waals surface area contributed by atoms with E-state index >= 15 is 0 Å². The summed E-state index contributed by atoms with van der Waals surface area (Å²) in [6.45, 7) is 7.30. The minimum atomic E-state index is 0.491. The molecule has 0 aliphatic heterocycles. The predicted molar refractivity (Wildman–Crippen MR) is 76.0 cm³/mol. The Balaban J connectivity index is 2.04. The summed E-state index contributed by atoms with van der Waals surface area (Å²) in [5.74, 6) is 0.491. The van der Waals surface area contributed by atoms with E-state index in [1.54, 1.807) is 0 Å². The Kier molecular flexibility index (Phi) is 3.70. The number of rotatable bonds is 4. The smallest absolute Gasteiger partial charge is 0.0827 e. The van der Waals surface area contributed by atoms with Crippen molar-refractivity contribution in [2.75, 3.05) is 11.9 Å². The van der Waals surface area contributed by atoms with E-state index in [-0.39, 0.29) is 0 Å². The van der Waals surface area contributed by atoms with Gasteiger partial charge >= 0.3 is 0 Å². The van der Waals surface area contributed by atoms with Crippen LogP contribution >= 0.6 is 0 Å². The lowest BCUT2D eigenvalue weighted by atomic mass is 10.0. The average Bonchev–Trinajstić information content (AvgIpc) is 2.62. The molecule has 3 nitrogen and oxygen atoms in total. The van der Waals surface area contributed by atoms with Crippen LogP contribution in [0.3, 0.4) is 0 Å². The van der Waals surface area contributed by atoms with Crippen LogP contribution in [0.1, 0.15) is 29.8 Å². The van der Waals surface area contributed by atoms with E-state index in [0.29, 0.717) is 5.92 Å². The lowest BCUT2D eigenvalue weighted by molar-refractivity contribution is 0.731. The first-order chi connectivity index (χ1) is 8.59. The molecule has 1 N–H and O–H groups in total. The molecule has 1 unspecified atom stereocenters. The lowest BCUT2D eigenvalue weighted by Crippen LogP contribution is -2.10. The molecule has 0 amide bonds. The minimum Gasteiger partial charge on any atom is -0.381 e. The summed E-state index contributed by atoms with van der Waals surface area (Å²) >= 11 is 0. The summed E-state index contributed by atoms with van der Waals surface area (Å²) in [6.07, 6.45) is 0. The zero-order valence-electron chi connectivity index (χ0n) is 11.6. The molecule has 96 valence electrons. The molecule has 1 heterocycles. The Morgan fingerprint density at radius 1 is 1.22 bits per heavy atom. The Morgan fingerprint density at radius 2 is 1.89 bits per heavy atom. The van der Waals surface area contributed by atoms with Gasteiger partial charge in [0.15, 0.2) is 0 Å². The Morgan fingerprint density at radius 3 is 2.44 bits per heavy atom. The van der Waals surface area contributed by atoms with Crippen LogP contribution in [0.25, 0.3) is 0 Å². The maximum atomic E-state index is 4.42. The molecule has 1 atom stereocenters. The highest BCUT2D eigenvalue weighted by Gasteiger charge is 2.10. The van der Waals surface area contributed by atoms with Crippen molar-refractivity contribution >= 4 is 5.69 Å². The van der Waals surface area contributed by atoms with Gasteiger partial charge in [0.2, 0.25) is 0 Å². The quantitative estimate of drug-likeness (QED) is 0.893. The third kappa shape index (κ3) is 2.55. The molecule has 0 fully saturated rings. The lowest BCUT2D eigenvalue weighted by Gasteiger charge is -2.14. The molecule has 2 aromatic rings. The van der Waals surface area contributed by atoms with Crippen LogP contribution in [0.5, 0.6) is 0 Å². The molecule has 0 saturated carbocycles. The van der Waals surface area contributed by atoms with Crippen molar-refractivity contribution in [3.05, 3.63) is 47.3 Å². The van der Waals surface area contributed by atoms with Crippen LogP contribution in [-0.4, -0.2) is 16.3 Å². The van der Waals surface area contributed by atoms with Crippen molar-refractivity contribution in [3.63, 3.8) is 0 Å². The maximum absolute atomic E-state index is 4.42. The number of benzene rings is 1. The van der Waals surface area contributed by atoms with E-state index in [1.165, 1.54) is 16.9 Å². The summed E-state index contributed by atoms with van der Waals surface area (Å²) in [6, 6.07) is 10.6. The average molecular weight is 243 g/mol. The highest BCUT2D eigenvalue weighted by atomic mass is 15.3. The standard InChI is InChI=1S/C15H21N3/c1-11(14-8-6-5-7-9-14)10-16-15-12(2)17-18(4)13(15)3/h5-9,11,16H,10H2,1-4H3. The number of aromatic nitrogens is 2. The van der Waals surface area contributed by atoms with Gasteiger partial charge in [0, 0.05) is 13.6 Å². The fourth-order valence-corrected chi connectivity index (χ4v) is 2.18. The number of hydrogen-bond acceptors (Lipinski definition) is 2. The molecule has 1 aromatic heterocycles. The highest BCUT2D eigenvalue weighted by molar-refractivity contribution is 5.52. The van der Waals surface area contributed by atoms with E-state index in [1.807, 2.05) is 18.7 Å². The van der Waals surface area contributed by atoms with Gasteiger partial charge in [-0.1, -0.05) is 37.3 Å². The first kappa shape index (κ1) is 12.7. The fraction of sp³-hybridized carbons (Fsp3) is 0.400. The van der Waals surface area contributed by atoms with Gasteiger partial charge in [0.1, 0.15) is 0 Å². The van der Waals surface area contributed by atoms with Crippen LogP contribution in [0.15, 0.2) is 30.3 Å². The van der Waals surface area contributed by atoms with Crippen LogP contribution in [0.2, 0.25) is 0 Å². The molecule has 18 heavy (non-hydrogen) atoms. The Labute approximate surface area is 109 Å². The highest BCUT2D eigenvalue weighted by Crippen LogP contribution is 2.21. The van der Waals surface area contributed by atoms with Crippen LogP contribution in [0, 0.1) is 13.8 Å². The van der Waals surface area contributed by atoms with Gasteiger partial charge in [-0.2, -0.15) is 5.10 Å². The number of hydrogen-bond donors (Lipinski definition) is 1. The third-order valence-electron chi connectivity index (χ3n) is 3.46. The van der Waals surface area contributed by atoms with Gasteiger partial charge in [0.05, 0.1) is 17.1 Å². The van der Waals surface area contributed by atoms with Crippen molar-refractivity contribution in [2.24, 2.45) is 7.05 Å². The second-order valence-corrected chi connectivity index (χ2v) is 4.86. The van der Waals surface area contributed by atoms with Gasteiger partial charge in [-0.15, -0.1) is 0 Å². The second kappa shape index (κ2) is 5.25. The summed E-state index contributed by atoms with van der Waals surface area (Å²) in [5.41, 5.74) is 4.78.